The number of nitrogens with zero attached hydrogens (tertiary/aromatic N) is 3. The van der Waals surface area contributed by atoms with Gasteiger partial charge in [-0.2, -0.15) is 10.1 Å². The highest BCUT2D eigenvalue weighted by atomic mass is 35.5. The molecule has 6 heteroatoms. The third kappa shape index (κ3) is 3.15. The second-order valence-corrected chi connectivity index (χ2v) is 7.35. The average molecular weight is 410 g/mol. The molecule has 0 radical (unpaired) electrons. The van der Waals surface area contributed by atoms with E-state index in [1.54, 1.807) is 30.1 Å². The zero-order valence-corrected chi connectivity index (χ0v) is 16.9. The predicted octanol–water partition coefficient (Wildman–Crippen LogP) is 6.13. The van der Waals surface area contributed by atoms with Crippen molar-refractivity contribution >= 4 is 46.3 Å². The van der Waals surface area contributed by atoms with Crippen molar-refractivity contribution in [1.29, 1.82) is 0 Å². The van der Waals surface area contributed by atoms with Gasteiger partial charge < -0.3 is 0 Å². The molecule has 0 atom stereocenters. The second kappa shape index (κ2) is 7.30. The maximum atomic E-state index is 13.3. The Morgan fingerprint density at radius 2 is 1.64 bits per heavy atom. The average Bonchev–Trinajstić information content (AvgIpc) is 2.81. The largest absolute Gasteiger partial charge is 0.349 e. The van der Waals surface area contributed by atoms with Gasteiger partial charge in [-0.25, -0.2) is 4.79 Å². The molecule has 0 aliphatic carbocycles. The number of amides is 2. The van der Waals surface area contributed by atoms with Crippen LogP contribution in [0.2, 0.25) is 10.0 Å². The fraction of sp³-hybridized carbons (Fsp3) is 0.0909. The Morgan fingerprint density at radius 1 is 0.893 bits per heavy atom. The minimum atomic E-state index is -0.281. The number of fused-ring (bicyclic) bond motifs is 1. The predicted molar refractivity (Wildman–Crippen MR) is 116 cm³/mol. The molecule has 4 nitrogen and oxygen atoms in total. The number of benzene rings is 3. The number of hydrogen-bond donors (Lipinski definition) is 0. The van der Waals surface area contributed by atoms with Crippen molar-refractivity contribution in [3.8, 4) is 0 Å². The van der Waals surface area contributed by atoms with E-state index < -0.39 is 0 Å². The first kappa shape index (κ1) is 18.5. The van der Waals surface area contributed by atoms with Crippen LogP contribution in [-0.4, -0.2) is 18.8 Å². The molecule has 0 saturated carbocycles. The second-order valence-electron chi connectivity index (χ2n) is 6.54. The molecule has 3 aromatic rings. The van der Waals surface area contributed by atoms with Gasteiger partial charge in [0, 0.05) is 18.2 Å². The highest BCUT2D eigenvalue weighted by molar-refractivity contribution is 6.42. The van der Waals surface area contributed by atoms with E-state index in [-0.39, 0.29) is 6.03 Å². The maximum absolute atomic E-state index is 13.3. The lowest BCUT2D eigenvalue weighted by atomic mass is 9.96. The fourth-order valence-electron chi connectivity index (χ4n) is 3.26. The quantitative estimate of drug-likeness (QED) is 0.501. The van der Waals surface area contributed by atoms with Crippen LogP contribution in [0.1, 0.15) is 16.7 Å². The molecule has 1 aliphatic heterocycles. The summed E-state index contributed by atoms with van der Waals surface area (Å²) in [6.45, 7) is 2.02. The van der Waals surface area contributed by atoms with Crippen LogP contribution in [0.3, 0.4) is 0 Å². The van der Waals surface area contributed by atoms with Crippen LogP contribution in [0.25, 0.3) is 0 Å². The molecule has 1 aliphatic rings. The normalized spacial score (nSPS) is 13.9. The standard InChI is InChI=1S/C22H17Cl2N3O/c1-14-7-6-10-19-20(14)21(15-8-4-3-5-9-15)25-27(22(28)26(19)2)16-11-12-17(23)18(24)13-16/h3-13H,1-2H3. The summed E-state index contributed by atoms with van der Waals surface area (Å²) < 4.78 is 0. The Labute approximate surface area is 173 Å². The Kier molecular flexibility index (Phi) is 4.84. The molecule has 0 spiro atoms. The van der Waals surface area contributed by atoms with Crippen LogP contribution in [-0.2, 0) is 0 Å². The SMILES string of the molecule is Cc1cccc2c1C(c1ccccc1)=NN(c1ccc(Cl)c(Cl)c1)C(=O)N2C. The van der Waals surface area contributed by atoms with Crippen LogP contribution in [0.5, 0.6) is 0 Å². The molecule has 4 rings (SSSR count). The summed E-state index contributed by atoms with van der Waals surface area (Å²) in [7, 11) is 1.74. The summed E-state index contributed by atoms with van der Waals surface area (Å²) in [6.07, 6.45) is 0. The number of carbonyl (C=O) groups is 1. The van der Waals surface area contributed by atoms with Crippen LogP contribution in [0.4, 0.5) is 16.2 Å². The molecule has 0 bridgehead atoms. The summed E-state index contributed by atoms with van der Waals surface area (Å²) in [5.41, 5.74) is 4.95. The van der Waals surface area contributed by atoms with Gasteiger partial charge in [-0.3, -0.25) is 4.90 Å². The Hall–Kier alpha value is -2.82. The zero-order chi connectivity index (χ0) is 19.8. The van der Waals surface area contributed by atoms with E-state index in [1.165, 1.54) is 5.01 Å². The Morgan fingerprint density at radius 3 is 2.36 bits per heavy atom. The van der Waals surface area contributed by atoms with Gasteiger partial charge in [0.05, 0.1) is 21.4 Å². The summed E-state index contributed by atoms with van der Waals surface area (Å²) in [6, 6.07) is 20.5. The molecule has 140 valence electrons. The van der Waals surface area contributed by atoms with E-state index in [4.69, 9.17) is 28.3 Å². The minimum Gasteiger partial charge on any atom is -0.295 e. The number of halogens is 2. The number of anilines is 2. The first-order chi connectivity index (χ1) is 13.5. The number of aryl methyl sites for hydroxylation is 1. The molecule has 3 aromatic carbocycles. The summed E-state index contributed by atoms with van der Waals surface area (Å²) in [4.78, 5) is 14.9. The van der Waals surface area contributed by atoms with Crippen LogP contribution in [0, 0.1) is 6.92 Å². The van der Waals surface area contributed by atoms with Gasteiger partial charge in [0.15, 0.2) is 0 Å². The highest BCUT2D eigenvalue weighted by Crippen LogP contribution is 2.34. The summed E-state index contributed by atoms with van der Waals surface area (Å²) in [5, 5.41) is 6.93. The number of hydrogen-bond acceptors (Lipinski definition) is 2. The molecule has 0 unspecified atom stereocenters. The smallest absolute Gasteiger partial charge is 0.295 e. The summed E-state index contributed by atoms with van der Waals surface area (Å²) in [5.74, 6) is 0. The first-order valence-electron chi connectivity index (χ1n) is 8.74. The zero-order valence-electron chi connectivity index (χ0n) is 15.4. The minimum absolute atomic E-state index is 0.281. The maximum Gasteiger partial charge on any atom is 0.349 e. The molecule has 28 heavy (non-hydrogen) atoms. The molecule has 1 heterocycles. The van der Waals surface area contributed by atoms with Gasteiger partial charge >= 0.3 is 6.03 Å². The lowest BCUT2D eigenvalue weighted by molar-refractivity contribution is 0.253. The van der Waals surface area contributed by atoms with Gasteiger partial charge in [0.25, 0.3) is 0 Å². The topological polar surface area (TPSA) is 35.9 Å². The molecule has 0 aromatic heterocycles. The van der Waals surface area contributed by atoms with E-state index in [1.807, 2.05) is 55.5 Å². The van der Waals surface area contributed by atoms with Crippen molar-refractivity contribution < 1.29 is 4.79 Å². The van der Waals surface area contributed by atoms with Gasteiger partial charge in [0.1, 0.15) is 5.71 Å². The van der Waals surface area contributed by atoms with Crippen molar-refractivity contribution in [2.45, 2.75) is 6.92 Å². The molecular formula is C22H17Cl2N3O. The number of carbonyl (C=O) groups excluding carboxylic acids is 1. The fourth-order valence-corrected chi connectivity index (χ4v) is 3.55. The van der Waals surface area contributed by atoms with E-state index in [0.29, 0.717) is 15.7 Å². The van der Waals surface area contributed by atoms with Crippen molar-refractivity contribution in [2.24, 2.45) is 5.10 Å². The number of hydrazone groups is 1. The highest BCUT2D eigenvalue weighted by Gasteiger charge is 2.30. The van der Waals surface area contributed by atoms with Crippen molar-refractivity contribution in [3.05, 3.63) is 93.5 Å². The van der Waals surface area contributed by atoms with Crippen molar-refractivity contribution in [2.75, 3.05) is 17.0 Å². The third-order valence-corrected chi connectivity index (χ3v) is 5.45. The molecule has 0 fully saturated rings. The van der Waals surface area contributed by atoms with Crippen LogP contribution in [0.15, 0.2) is 71.8 Å². The summed E-state index contributed by atoms with van der Waals surface area (Å²) >= 11 is 12.2. The Balaban J connectivity index is 1.99. The van der Waals surface area contributed by atoms with Crippen LogP contribution >= 0.6 is 23.2 Å². The van der Waals surface area contributed by atoms with E-state index >= 15 is 0 Å². The van der Waals surface area contributed by atoms with E-state index in [0.717, 1.165) is 28.1 Å². The third-order valence-electron chi connectivity index (χ3n) is 4.71. The van der Waals surface area contributed by atoms with Gasteiger partial charge in [0.2, 0.25) is 0 Å². The van der Waals surface area contributed by atoms with Crippen molar-refractivity contribution in [1.82, 2.24) is 0 Å². The van der Waals surface area contributed by atoms with Gasteiger partial charge in [-0.1, -0.05) is 65.7 Å². The van der Waals surface area contributed by atoms with Gasteiger partial charge in [-0.15, -0.1) is 0 Å². The van der Waals surface area contributed by atoms with E-state index in [2.05, 4.69) is 0 Å². The number of rotatable bonds is 2. The van der Waals surface area contributed by atoms with Crippen molar-refractivity contribution in [3.63, 3.8) is 0 Å². The van der Waals surface area contributed by atoms with Crippen LogP contribution < -0.4 is 9.91 Å². The molecule has 0 N–H and O–H groups in total. The lowest BCUT2D eigenvalue weighted by Gasteiger charge is -2.23. The monoisotopic (exact) mass is 409 g/mol. The first-order valence-corrected chi connectivity index (χ1v) is 9.50. The molecule has 0 saturated heterocycles. The van der Waals surface area contributed by atoms with E-state index in [9.17, 15) is 4.79 Å². The number of urea groups is 1. The molecule has 2 amide bonds. The molecular weight excluding hydrogens is 393 g/mol. The lowest BCUT2D eigenvalue weighted by Crippen LogP contribution is -2.37. The Bertz CT molecular complexity index is 1100. The van der Waals surface area contributed by atoms with Gasteiger partial charge in [-0.05, 0) is 36.8 Å².